The second-order valence-corrected chi connectivity index (χ2v) is 4.68. The maximum atomic E-state index is 12.0. The van der Waals surface area contributed by atoms with E-state index in [-0.39, 0.29) is 11.9 Å². The van der Waals surface area contributed by atoms with Crippen LogP contribution in [0.2, 0.25) is 0 Å². The molecule has 0 fully saturated rings. The molecule has 0 saturated carbocycles. The summed E-state index contributed by atoms with van der Waals surface area (Å²) in [6.45, 7) is 5.98. The van der Waals surface area contributed by atoms with E-state index in [2.05, 4.69) is 10.3 Å². The molecule has 0 aliphatic carbocycles. The first-order valence-electron chi connectivity index (χ1n) is 6.07. The molecule has 1 aromatic heterocycles. The van der Waals surface area contributed by atoms with Crippen molar-refractivity contribution < 1.29 is 14.7 Å². The van der Waals surface area contributed by atoms with Gasteiger partial charge in [-0.3, -0.25) is 9.78 Å². The lowest BCUT2D eigenvalue weighted by atomic mass is 10.1. The van der Waals surface area contributed by atoms with Gasteiger partial charge in [-0.05, 0) is 30.5 Å². The summed E-state index contributed by atoms with van der Waals surface area (Å²) in [5.41, 5.74) is 0.993. The van der Waals surface area contributed by atoms with Gasteiger partial charge in [0.1, 0.15) is 0 Å². The Morgan fingerprint density at radius 3 is 2.58 bits per heavy atom. The summed E-state index contributed by atoms with van der Waals surface area (Å²) in [4.78, 5) is 26.3. The zero-order valence-corrected chi connectivity index (χ0v) is 11.3. The number of aliphatic carboxylic acids is 1. The van der Waals surface area contributed by atoms with Crippen molar-refractivity contribution >= 4 is 18.0 Å². The lowest BCUT2D eigenvalue weighted by Crippen LogP contribution is -2.36. The lowest BCUT2D eigenvalue weighted by Gasteiger charge is -2.17. The van der Waals surface area contributed by atoms with E-state index >= 15 is 0 Å². The molecular formula is C14H18N2O3. The van der Waals surface area contributed by atoms with Crippen LogP contribution in [-0.4, -0.2) is 28.0 Å². The molecule has 1 rings (SSSR count). The maximum absolute atomic E-state index is 12.0. The summed E-state index contributed by atoms with van der Waals surface area (Å²) < 4.78 is 0. The number of nitrogens with zero attached hydrogens (tertiary/aromatic N) is 1. The summed E-state index contributed by atoms with van der Waals surface area (Å²) in [7, 11) is 0. The molecule has 1 amide bonds. The monoisotopic (exact) mass is 262 g/mol. The third-order valence-corrected chi connectivity index (χ3v) is 2.80. The van der Waals surface area contributed by atoms with Gasteiger partial charge in [0.05, 0.1) is 5.56 Å². The highest BCUT2D eigenvalue weighted by Gasteiger charge is 2.12. The number of hydrogen-bond donors (Lipinski definition) is 2. The van der Waals surface area contributed by atoms with Crippen molar-refractivity contribution in [2.24, 2.45) is 5.92 Å². The number of carbonyl (C=O) groups excluding carboxylic acids is 1. The number of nitrogens with one attached hydrogen (secondary N) is 1. The van der Waals surface area contributed by atoms with E-state index in [4.69, 9.17) is 5.11 Å². The van der Waals surface area contributed by atoms with Gasteiger partial charge in [0, 0.05) is 24.5 Å². The van der Waals surface area contributed by atoms with Crippen LogP contribution >= 0.6 is 0 Å². The number of pyridine rings is 1. The van der Waals surface area contributed by atoms with E-state index < -0.39 is 5.97 Å². The van der Waals surface area contributed by atoms with E-state index in [1.165, 1.54) is 18.5 Å². The molecule has 0 aliphatic rings. The molecule has 1 heterocycles. The standard InChI is InChI=1S/C14H18N2O3/c1-9(2)10(3)16-14(19)12-6-11(7-15-8-12)4-5-13(17)18/h4-10H,1-3H3,(H,16,19)(H,17,18)/b5-4+. The van der Waals surface area contributed by atoms with Crippen molar-refractivity contribution in [2.45, 2.75) is 26.8 Å². The fourth-order valence-corrected chi connectivity index (χ4v) is 1.30. The van der Waals surface area contributed by atoms with Crippen molar-refractivity contribution in [3.63, 3.8) is 0 Å². The van der Waals surface area contributed by atoms with Gasteiger partial charge >= 0.3 is 5.97 Å². The van der Waals surface area contributed by atoms with Crippen LogP contribution in [0.25, 0.3) is 6.08 Å². The summed E-state index contributed by atoms with van der Waals surface area (Å²) in [6, 6.07) is 1.67. The Bertz CT molecular complexity index is 495. The number of carboxylic acid groups (broad SMARTS) is 1. The molecule has 1 aromatic rings. The van der Waals surface area contributed by atoms with Gasteiger partial charge in [0.15, 0.2) is 0 Å². The maximum Gasteiger partial charge on any atom is 0.328 e. The number of carboxylic acids is 1. The minimum atomic E-state index is -1.04. The van der Waals surface area contributed by atoms with Crippen molar-refractivity contribution in [1.29, 1.82) is 0 Å². The molecule has 0 bridgehead atoms. The number of hydrogen-bond acceptors (Lipinski definition) is 3. The predicted octanol–water partition coefficient (Wildman–Crippen LogP) is 1.95. The zero-order chi connectivity index (χ0) is 14.4. The second kappa shape index (κ2) is 6.68. The fourth-order valence-electron chi connectivity index (χ4n) is 1.30. The largest absolute Gasteiger partial charge is 0.478 e. The molecule has 0 aromatic carbocycles. The SMILES string of the molecule is CC(C)C(C)NC(=O)c1cncc(/C=C/C(=O)O)c1. The van der Waals surface area contributed by atoms with Crippen LogP contribution in [0.1, 0.15) is 36.7 Å². The third-order valence-electron chi connectivity index (χ3n) is 2.80. The molecule has 1 atom stereocenters. The van der Waals surface area contributed by atoms with Gasteiger partial charge in [-0.25, -0.2) is 4.79 Å². The molecule has 0 spiro atoms. The van der Waals surface area contributed by atoms with Crippen LogP contribution in [0.4, 0.5) is 0 Å². The second-order valence-electron chi connectivity index (χ2n) is 4.68. The van der Waals surface area contributed by atoms with Gasteiger partial charge in [-0.2, -0.15) is 0 Å². The number of amides is 1. The minimum absolute atomic E-state index is 0.0608. The Morgan fingerprint density at radius 1 is 1.32 bits per heavy atom. The summed E-state index contributed by atoms with van der Waals surface area (Å²) in [6.07, 6.45) is 5.37. The Balaban J connectivity index is 2.81. The Hall–Kier alpha value is -2.17. The third kappa shape index (κ3) is 4.91. The molecule has 2 N–H and O–H groups in total. The molecule has 0 saturated heterocycles. The molecule has 19 heavy (non-hydrogen) atoms. The van der Waals surface area contributed by atoms with E-state index in [0.29, 0.717) is 17.0 Å². The summed E-state index contributed by atoms with van der Waals surface area (Å²) in [5.74, 6) is -0.908. The van der Waals surface area contributed by atoms with Crippen LogP contribution in [0, 0.1) is 5.92 Å². The fraction of sp³-hybridized carbons (Fsp3) is 0.357. The van der Waals surface area contributed by atoms with Crippen molar-refractivity contribution in [3.05, 3.63) is 35.7 Å². The van der Waals surface area contributed by atoms with Gasteiger partial charge in [-0.1, -0.05) is 13.8 Å². The molecule has 5 nitrogen and oxygen atoms in total. The Labute approximate surface area is 112 Å². The molecule has 102 valence electrons. The first-order valence-corrected chi connectivity index (χ1v) is 6.07. The van der Waals surface area contributed by atoms with E-state index in [0.717, 1.165) is 6.08 Å². The van der Waals surface area contributed by atoms with Crippen LogP contribution in [0.5, 0.6) is 0 Å². The summed E-state index contributed by atoms with van der Waals surface area (Å²) >= 11 is 0. The highest BCUT2D eigenvalue weighted by atomic mass is 16.4. The first kappa shape index (κ1) is 14.9. The van der Waals surface area contributed by atoms with E-state index in [1.807, 2.05) is 20.8 Å². The average molecular weight is 262 g/mol. The predicted molar refractivity (Wildman–Crippen MR) is 72.7 cm³/mol. The van der Waals surface area contributed by atoms with Gasteiger partial charge < -0.3 is 10.4 Å². The van der Waals surface area contributed by atoms with Crippen LogP contribution in [0.15, 0.2) is 24.5 Å². The quantitative estimate of drug-likeness (QED) is 0.795. The molecule has 0 radical (unpaired) electrons. The minimum Gasteiger partial charge on any atom is -0.478 e. The highest BCUT2D eigenvalue weighted by molar-refractivity contribution is 5.95. The normalized spacial score (nSPS) is 12.6. The van der Waals surface area contributed by atoms with Crippen molar-refractivity contribution in [3.8, 4) is 0 Å². The zero-order valence-electron chi connectivity index (χ0n) is 11.3. The molecule has 1 unspecified atom stereocenters. The van der Waals surface area contributed by atoms with Crippen molar-refractivity contribution in [2.75, 3.05) is 0 Å². The average Bonchev–Trinajstić information content (AvgIpc) is 2.36. The summed E-state index contributed by atoms with van der Waals surface area (Å²) in [5, 5.41) is 11.4. The van der Waals surface area contributed by atoms with E-state index in [9.17, 15) is 9.59 Å². The van der Waals surface area contributed by atoms with Gasteiger partial charge in [-0.15, -0.1) is 0 Å². The molecular weight excluding hydrogens is 244 g/mol. The Morgan fingerprint density at radius 2 is 2.00 bits per heavy atom. The van der Waals surface area contributed by atoms with Gasteiger partial charge in [0.2, 0.25) is 0 Å². The van der Waals surface area contributed by atoms with Crippen LogP contribution in [-0.2, 0) is 4.79 Å². The molecule has 5 heteroatoms. The van der Waals surface area contributed by atoms with Crippen LogP contribution < -0.4 is 5.32 Å². The number of aromatic nitrogens is 1. The number of rotatable bonds is 5. The smallest absolute Gasteiger partial charge is 0.328 e. The van der Waals surface area contributed by atoms with Crippen LogP contribution in [0.3, 0.4) is 0 Å². The molecule has 0 aliphatic heterocycles. The number of carbonyl (C=O) groups is 2. The topological polar surface area (TPSA) is 79.3 Å². The van der Waals surface area contributed by atoms with Gasteiger partial charge in [0.25, 0.3) is 5.91 Å². The lowest BCUT2D eigenvalue weighted by molar-refractivity contribution is -0.131. The highest BCUT2D eigenvalue weighted by Crippen LogP contribution is 2.07. The first-order chi connectivity index (χ1) is 8.90. The van der Waals surface area contributed by atoms with E-state index in [1.54, 1.807) is 6.07 Å². The van der Waals surface area contributed by atoms with Crippen molar-refractivity contribution in [1.82, 2.24) is 10.3 Å². The Kier molecular flexibility index (Phi) is 5.23.